The van der Waals surface area contributed by atoms with Crippen molar-refractivity contribution in [1.82, 2.24) is 0 Å². The van der Waals surface area contributed by atoms with Crippen LogP contribution in [0.3, 0.4) is 0 Å². The van der Waals surface area contributed by atoms with Crippen LogP contribution in [0.15, 0.2) is 60.7 Å². The first-order valence-corrected chi connectivity index (χ1v) is 6.73. The molecule has 0 saturated carbocycles. The Morgan fingerprint density at radius 3 is 2.39 bits per heavy atom. The summed E-state index contributed by atoms with van der Waals surface area (Å²) in [5, 5.41) is 0. The maximum absolute atomic E-state index is 2.28. The molecule has 0 fully saturated rings. The number of hydrogen-bond donors (Lipinski definition) is 0. The van der Waals surface area contributed by atoms with Gasteiger partial charge in [0.2, 0.25) is 0 Å². The molecule has 0 aromatic heterocycles. The number of unbranched alkanes of at least 4 members (excludes halogenated alkanes) is 2. The molecule has 2 aromatic rings. The van der Waals surface area contributed by atoms with Crippen LogP contribution in [0.4, 0.5) is 0 Å². The Labute approximate surface area is 110 Å². The minimum Gasteiger partial charge on any atom is -0.0839 e. The molecule has 0 saturated heterocycles. The van der Waals surface area contributed by atoms with Crippen molar-refractivity contribution in [3.05, 3.63) is 66.2 Å². The molecule has 0 aliphatic carbocycles. The molecular formula is C18H20. The van der Waals surface area contributed by atoms with Gasteiger partial charge in [0.25, 0.3) is 0 Å². The normalized spacial score (nSPS) is 10.9. The lowest BCUT2D eigenvalue weighted by atomic mass is 9.99. The van der Waals surface area contributed by atoms with E-state index in [0.29, 0.717) is 0 Å². The summed E-state index contributed by atoms with van der Waals surface area (Å²) in [6, 6.07) is 19.2. The first-order valence-electron chi connectivity index (χ1n) is 6.73. The quantitative estimate of drug-likeness (QED) is 0.596. The first kappa shape index (κ1) is 12.6. The van der Waals surface area contributed by atoms with Gasteiger partial charge in [-0.2, -0.15) is 0 Å². The zero-order valence-corrected chi connectivity index (χ0v) is 11.0. The Hall–Kier alpha value is -1.82. The van der Waals surface area contributed by atoms with Gasteiger partial charge in [-0.05, 0) is 23.1 Å². The van der Waals surface area contributed by atoms with Crippen molar-refractivity contribution >= 4 is 6.08 Å². The molecule has 0 amide bonds. The monoisotopic (exact) mass is 236 g/mol. The molecule has 18 heavy (non-hydrogen) atoms. The lowest BCUT2D eigenvalue weighted by Gasteiger charge is -2.05. The van der Waals surface area contributed by atoms with E-state index < -0.39 is 0 Å². The molecule has 2 rings (SSSR count). The van der Waals surface area contributed by atoms with Gasteiger partial charge < -0.3 is 0 Å². The molecule has 0 nitrogen and oxygen atoms in total. The SMILES string of the molecule is CCCC/C=C/c1ccccc1-c1ccccc1. The van der Waals surface area contributed by atoms with Gasteiger partial charge in [-0.15, -0.1) is 0 Å². The predicted molar refractivity (Wildman–Crippen MR) is 80.4 cm³/mol. The maximum Gasteiger partial charge on any atom is -0.0112 e. The summed E-state index contributed by atoms with van der Waals surface area (Å²) >= 11 is 0. The summed E-state index contributed by atoms with van der Waals surface area (Å²) in [6.45, 7) is 2.23. The van der Waals surface area contributed by atoms with Gasteiger partial charge in [-0.25, -0.2) is 0 Å². The average Bonchev–Trinajstić information content (AvgIpc) is 2.45. The molecule has 0 aliphatic heterocycles. The van der Waals surface area contributed by atoms with Crippen LogP contribution in [0.5, 0.6) is 0 Å². The van der Waals surface area contributed by atoms with E-state index in [1.165, 1.54) is 36.0 Å². The second kappa shape index (κ2) is 6.80. The van der Waals surface area contributed by atoms with Crippen LogP contribution in [-0.2, 0) is 0 Å². The maximum atomic E-state index is 2.28. The van der Waals surface area contributed by atoms with Crippen molar-refractivity contribution in [3.63, 3.8) is 0 Å². The molecular weight excluding hydrogens is 216 g/mol. The Bertz CT molecular complexity index is 494. The third kappa shape index (κ3) is 3.33. The van der Waals surface area contributed by atoms with Gasteiger partial charge in [0, 0.05) is 0 Å². The standard InChI is InChI=1S/C18H20/c1-2-3-4-6-11-17-14-9-10-15-18(17)16-12-7-5-8-13-16/h5-15H,2-4H2,1H3/b11-6+. The highest BCUT2D eigenvalue weighted by molar-refractivity contribution is 5.75. The fourth-order valence-corrected chi connectivity index (χ4v) is 2.06. The minimum atomic E-state index is 1.17. The average molecular weight is 236 g/mol. The minimum absolute atomic E-state index is 1.17. The zero-order chi connectivity index (χ0) is 12.6. The highest BCUT2D eigenvalue weighted by atomic mass is 14.0. The highest BCUT2D eigenvalue weighted by Gasteiger charge is 2.00. The van der Waals surface area contributed by atoms with Crippen molar-refractivity contribution in [3.8, 4) is 11.1 Å². The van der Waals surface area contributed by atoms with Gasteiger partial charge in [-0.3, -0.25) is 0 Å². The van der Waals surface area contributed by atoms with Gasteiger partial charge in [0.05, 0.1) is 0 Å². The van der Waals surface area contributed by atoms with Crippen LogP contribution in [0.1, 0.15) is 31.7 Å². The fraction of sp³-hybridized carbons (Fsp3) is 0.222. The molecule has 0 radical (unpaired) electrons. The smallest absolute Gasteiger partial charge is 0.0112 e. The molecule has 0 spiro atoms. The van der Waals surface area contributed by atoms with Crippen LogP contribution in [0.2, 0.25) is 0 Å². The second-order valence-electron chi connectivity index (χ2n) is 4.50. The first-order chi connectivity index (χ1) is 8.92. The molecule has 0 heteroatoms. The molecule has 0 atom stereocenters. The van der Waals surface area contributed by atoms with Crippen LogP contribution in [-0.4, -0.2) is 0 Å². The fourth-order valence-electron chi connectivity index (χ4n) is 2.06. The summed E-state index contributed by atoms with van der Waals surface area (Å²) in [5.41, 5.74) is 3.90. The molecule has 92 valence electrons. The van der Waals surface area contributed by atoms with Crippen molar-refractivity contribution in [2.45, 2.75) is 26.2 Å². The lowest BCUT2D eigenvalue weighted by Crippen LogP contribution is -1.82. The van der Waals surface area contributed by atoms with E-state index in [0.717, 1.165) is 0 Å². The number of hydrogen-bond acceptors (Lipinski definition) is 0. The van der Waals surface area contributed by atoms with Crippen LogP contribution < -0.4 is 0 Å². The van der Waals surface area contributed by atoms with Gasteiger partial charge in [0.1, 0.15) is 0 Å². The Balaban J connectivity index is 2.24. The van der Waals surface area contributed by atoms with Crippen molar-refractivity contribution in [2.75, 3.05) is 0 Å². The topological polar surface area (TPSA) is 0 Å². The lowest BCUT2D eigenvalue weighted by molar-refractivity contribution is 0.816. The van der Waals surface area contributed by atoms with Gasteiger partial charge in [0.15, 0.2) is 0 Å². The van der Waals surface area contributed by atoms with E-state index >= 15 is 0 Å². The van der Waals surface area contributed by atoms with E-state index in [1.54, 1.807) is 0 Å². The molecule has 0 aliphatic rings. The summed E-state index contributed by atoms with van der Waals surface area (Å²) < 4.78 is 0. The second-order valence-corrected chi connectivity index (χ2v) is 4.50. The Morgan fingerprint density at radius 1 is 0.889 bits per heavy atom. The van der Waals surface area contributed by atoms with Crippen LogP contribution >= 0.6 is 0 Å². The molecule has 0 N–H and O–H groups in total. The summed E-state index contributed by atoms with van der Waals surface area (Å²) in [4.78, 5) is 0. The molecule has 0 heterocycles. The number of allylic oxidation sites excluding steroid dienone is 1. The van der Waals surface area contributed by atoms with E-state index in [1.807, 2.05) is 0 Å². The van der Waals surface area contributed by atoms with E-state index in [2.05, 4.69) is 73.7 Å². The van der Waals surface area contributed by atoms with E-state index in [9.17, 15) is 0 Å². The largest absolute Gasteiger partial charge is 0.0839 e. The zero-order valence-electron chi connectivity index (χ0n) is 11.0. The predicted octanol–water partition coefficient (Wildman–Crippen LogP) is 5.56. The summed E-state index contributed by atoms with van der Waals surface area (Å²) in [7, 11) is 0. The van der Waals surface area contributed by atoms with E-state index in [4.69, 9.17) is 0 Å². The van der Waals surface area contributed by atoms with E-state index in [-0.39, 0.29) is 0 Å². The van der Waals surface area contributed by atoms with Crippen molar-refractivity contribution < 1.29 is 0 Å². The number of benzene rings is 2. The summed E-state index contributed by atoms with van der Waals surface area (Å²) in [5.74, 6) is 0. The van der Waals surface area contributed by atoms with Crippen LogP contribution in [0.25, 0.3) is 17.2 Å². The van der Waals surface area contributed by atoms with Crippen molar-refractivity contribution in [2.24, 2.45) is 0 Å². The van der Waals surface area contributed by atoms with Gasteiger partial charge in [-0.1, -0.05) is 86.5 Å². The molecule has 0 bridgehead atoms. The number of rotatable bonds is 5. The van der Waals surface area contributed by atoms with Crippen LogP contribution in [0, 0.1) is 0 Å². The third-order valence-electron chi connectivity index (χ3n) is 3.07. The van der Waals surface area contributed by atoms with Gasteiger partial charge >= 0.3 is 0 Å². The Morgan fingerprint density at radius 2 is 1.61 bits per heavy atom. The third-order valence-corrected chi connectivity index (χ3v) is 3.07. The molecule has 0 unspecified atom stereocenters. The Kier molecular flexibility index (Phi) is 4.78. The molecule has 2 aromatic carbocycles. The highest BCUT2D eigenvalue weighted by Crippen LogP contribution is 2.24. The van der Waals surface area contributed by atoms with Crippen molar-refractivity contribution in [1.29, 1.82) is 0 Å². The summed E-state index contributed by atoms with van der Waals surface area (Å²) in [6.07, 6.45) is 8.22.